The summed E-state index contributed by atoms with van der Waals surface area (Å²) in [5.41, 5.74) is 1.08. The molecule has 1 aliphatic carbocycles. The maximum absolute atomic E-state index is 10.9. The van der Waals surface area contributed by atoms with Crippen molar-refractivity contribution in [1.82, 2.24) is 9.88 Å². The molecule has 1 fully saturated rings. The third-order valence-corrected chi connectivity index (χ3v) is 3.24. The van der Waals surface area contributed by atoms with Crippen molar-refractivity contribution in [2.45, 2.75) is 25.8 Å². The van der Waals surface area contributed by atoms with E-state index in [1.54, 1.807) is 6.20 Å². The fraction of sp³-hybridized carbons (Fsp3) is 0.538. The molecule has 0 radical (unpaired) electrons. The molecule has 0 aliphatic heterocycles. The quantitative estimate of drug-likeness (QED) is 0.817. The van der Waals surface area contributed by atoms with E-state index in [1.807, 2.05) is 30.2 Å². The molecule has 1 aromatic rings. The summed E-state index contributed by atoms with van der Waals surface area (Å²) in [6.45, 7) is 3.03. The van der Waals surface area contributed by atoms with Gasteiger partial charge in [0.15, 0.2) is 0 Å². The van der Waals surface area contributed by atoms with E-state index in [9.17, 15) is 4.79 Å². The van der Waals surface area contributed by atoms with Gasteiger partial charge >= 0.3 is 5.97 Å². The molecule has 1 aliphatic rings. The van der Waals surface area contributed by atoms with Crippen LogP contribution in [0.25, 0.3) is 0 Å². The number of carboxylic acid groups (broad SMARTS) is 1. The minimum Gasteiger partial charge on any atom is -0.480 e. The van der Waals surface area contributed by atoms with Gasteiger partial charge in [0.2, 0.25) is 0 Å². The van der Waals surface area contributed by atoms with Gasteiger partial charge in [-0.25, -0.2) is 0 Å². The number of hydrogen-bond acceptors (Lipinski definition) is 3. The minimum atomic E-state index is -0.763. The normalized spacial score (nSPS) is 17.1. The summed E-state index contributed by atoms with van der Waals surface area (Å²) in [6, 6.07) is 4.00. The highest BCUT2D eigenvalue weighted by atomic mass is 16.4. The van der Waals surface area contributed by atoms with E-state index in [4.69, 9.17) is 5.11 Å². The molecule has 4 nitrogen and oxygen atoms in total. The highest BCUT2D eigenvalue weighted by molar-refractivity contribution is 5.69. The third-order valence-electron chi connectivity index (χ3n) is 3.24. The number of aliphatic carboxylic acids is 1. The lowest BCUT2D eigenvalue weighted by atomic mass is 10.1. The Morgan fingerprint density at radius 2 is 2.41 bits per heavy atom. The molecular weight excluding hydrogens is 216 g/mol. The monoisotopic (exact) mass is 234 g/mol. The summed E-state index contributed by atoms with van der Waals surface area (Å²) in [7, 11) is 0. The SMILES string of the molecule is CC(c1cccnc1)N(CC(=O)O)CC1CC1. The topological polar surface area (TPSA) is 53.4 Å². The van der Waals surface area contributed by atoms with E-state index < -0.39 is 5.97 Å². The fourth-order valence-corrected chi connectivity index (χ4v) is 2.00. The summed E-state index contributed by atoms with van der Waals surface area (Å²) >= 11 is 0. The smallest absolute Gasteiger partial charge is 0.317 e. The van der Waals surface area contributed by atoms with Crippen LogP contribution in [0.1, 0.15) is 31.4 Å². The molecule has 2 rings (SSSR count). The molecule has 0 saturated heterocycles. The van der Waals surface area contributed by atoms with E-state index in [0.29, 0.717) is 5.92 Å². The highest BCUT2D eigenvalue weighted by Crippen LogP contribution is 2.32. The molecule has 0 spiro atoms. The van der Waals surface area contributed by atoms with Gasteiger partial charge in [-0.1, -0.05) is 6.07 Å². The van der Waals surface area contributed by atoms with Gasteiger partial charge in [0.25, 0.3) is 0 Å². The number of hydrogen-bond donors (Lipinski definition) is 1. The second kappa shape index (κ2) is 5.27. The number of carboxylic acids is 1. The van der Waals surface area contributed by atoms with E-state index in [2.05, 4.69) is 4.98 Å². The lowest BCUT2D eigenvalue weighted by Gasteiger charge is -2.27. The fourth-order valence-electron chi connectivity index (χ4n) is 2.00. The molecule has 4 heteroatoms. The van der Waals surface area contributed by atoms with Gasteiger partial charge in [-0.05, 0) is 37.3 Å². The minimum absolute atomic E-state index is 0.104. The third kappa shape index (κ3) is 3.53. The second-order valence-corrected chi connectivity index (χ2v) is 4.73. The first-order valence-corrected chi connectivity index (χ1v) is 6.02. The number of nitrogens with zero attached hydrogens (tertiary/aromatic N) is 2. The van der Waals surface area contributed by atoms with Crippen LogP contribution in [0.5, 0.6) is 0 Å². The second-order valence-electron chi connectivity index (χ2n) is 4.73. The van der Waals surface area contributed by atoms with Crippen molar-refractivity contribution in [2.24, 2.45) is 5.92 Å². The largest absolute Gasteiger partial charge is 0.480 e. The maximum Gasteiger partial charge on any atom is 0.317 e. The first-order valence-electron chi connectivity index (χ1n) is 6.02. The van der Waals surface area contributed by atoms with E-state index in [0.717, 1.165) is 12.1 Å². The molecule has 1 saturated carbocycles. The van der Waals surface area contributed by atoms with E-state index in [-0.39, 0.29) is 12.6 Å². The van der Waals surface area contributed by atoms with Gasteiger partial charge in [0, 0.05) is 25.0 Å². The van der Waals surface area contributed by atoms with Crippen LogP contribution >= 0.6 is 0 Å². The van der Waals surface area contributed by atoms with E-state index in [1.165, 1.54) is 12.8 Å². The molecular formula is C13H18N2O2. The molecule has 1 heterocycles. The summed E-state index contributed by atoms with van der Waals surface area (Å²) in [5, 5.41) is 8.96. The van der Waals surface area contributed by atoms with E-state index >= 15 is 0 Å². The standard InChI is InChI=1S/C13H18N2O2/c1-10(12-3-2-6-14-7-12)15(9-13(16)17)8-11-4-5-11/h2-3,6-7,10-11H,4-5,8-9H2,1H3,(H,16,17). The van der Waals surface area contributed by atoms with Crippen molar-refractivity contribution in [2.75, 3.05) is 13.1 Å². The van der Waals surface area contributed by atoms with Gasteiger partial charge < -0.3 is 5.11 Å². The number of carbonyl (C=O) groups is 1. The lowest BCUT2D eigenvalue weighted by molar-refractivity contribution is -0.139. The average molecular weight is 234 g/mol. The molecule has 0 amide bonds. The number of rotatable bonds is 6. The zero-order chi connectivity index (χ0) is 12.3. The van der Waals surface area contributed by atoms with Gasteiger partial charge in [-0.3, -0.25) is 14.7 Å². The Kier molecular flexibility index (Phi) is 3.74. The lowest BCUT2D eigenvalue weighted by Crippen LogP contribution is -2.34. The first-order chi connectivity index (χ1) is 8.16. The summed E-state index contributed by atoms with van der Waals surface area (Å²) < 4.78 is 0. The highest BCUT2D eigenvalue weighted by Gasteiger charge is 2.28. The van der Waals surface area contributed by atoms with Crippen LogP contribution in [0.4, 0.5) is 0 Å². The van der Waals surface area contributed by atoms with Crippen LogP contribution in [-0.2, 0) is 4.79 Å². The van der Waals surface area contributed by atoms with Crippen LogP contribution in [0.3, 0.4) is 0 Å². The predicted octanol–water partition coefficient (Wildman–Crippen LogP) is 1.94. The molecule has 1 N–H and O–H groups in total. The first kappa shape index (κ1) is 12.0. The Hall–Kier alpha value is -1.42. The zero-order valence-corrected chi connectivity index (χ0v) is 10.0. The summed E-state index contributed by atoms with van der Waals surface area (Å²) in [5.74, 6) is -0.0742. The van der Waals surface area contributed by atoms with Gasteiger partial charge in [0.05, 0.1) is 6.54 Å². The molecule has 0 bridgehead atoms. The van der Waals surface area contributed by atoms with Crippen molar-refractivity contribution in [3.05, 3.63) is 30.1 Å². The molecule has 1 unspecified atom stereocenters. The van der Waals surface area contributed by atoms with Crippen LogP contribution in [-0.4, -0.2) is 34.0 Å². The number of aromatic nitrogens is 1. The average Bonchev–Trinajstić information content (AvgIpc) is 3.12. The maximum atomic E-state index is 10.9. The Labute approximate surface area is 101 Å². The van der Waals surface area contributed by atoms with Crippen molar-refractivity contribution >= 4 is 5.97 Å². The van der Waals surface area contributed by atoms with Crippen LogP contribution < -0.4 is 0 Å². The van der Waals surface area contributed by atoms with Crippen LogP contribution in [0.2, 0.25) is 0 Å². The Morgan fingerprint density at radius 3 is 2.94 bits per heavy atom. The van der Waals surface area contributed by atoms with Crippen LogP contribution in [0, 0.1) is 5.92 Å². The molecule has 92 valence electrons. The zero-order valence-electron chi connectivity index (χ0n) is 10.0. The summed E-state index contributed by atoms with van der Waals surface area (Å²) in [4.78, 5) is 17.0. The van der Waals surface area contributed by atoms with Crippen molar-refractivity contribution in [1.29, 1.82) is 0 Å². The Balaban J connectivity index is 2.05. The van der Waals surface area contributed by atoms with Crippen molar-refractivity contribution in [3.63, 3.8) is 0 Å². The van der Waals surface area contributed by atoms with Crippen molar-refractivity contribution in [3.8, 4) is 0 Å². The van der Waals surface area contributed by atoms with Crippen LogP contribution in [0.15, 0.2) is 24.5 Å². The number of pyridine rings is 1. The predicted molar refractivity (Wildman–Crippen MR) is 64.6 cm³/mol. The molecule has 1 atom stereocenters. The Morgan fingerprint density at radius 1 is 1.65 bits per heavy atom. The Bertz CT molecular complexity index is 376. The van der Waals surface area contributed by atoms with Gasteiger partial charge in [-0.2, -0.15) is 0 Å². The molecule has 0 aromatic carbocycles. The van der Waals surface area contributed by atoms with Gasteiger partial charge in [0.1, 0.15) is 0 Å². The van der Waals surface area contributed by atoms with Crippen molar-refractivity contribution < 1.29 is 9.90 Å². The summed E-state index contributed by atoms with van der Waals surface area (Å²) in [6.07, 6.45) is 6.01. The molecule has 1 aromatic heterocycles. The van der Waals surface area contributed by atoms with Gasteiger partial charge in [-0.15, -0.1) is 0 Å². The molecule has 17 heavy (non-hydrogen) atoms.